The molecule has 2 rings (SSSR count). The molecule has 0 aliphatic heterocycles. The van der Waals surface area contributed by atoms with Gasteiger partial charge in [0.1, 0.15) is 5.60 Å². The van der Waals surface area contributed by atoms with Crippen molar-refractivity contribution in [2.45, 2.75) is 26.4 Å². The lowest BCUT2D eigenvalue weighted by molar-refractivity contribution is 0.0566. The molecular formula is C15H18N2OS. The van der Waals surface area contributed by atoms with E-state index in [9.17, 15) is 0 Å². The molecule has 0 unspecified atom stereocenters. The molecule has 0 atom stereocenters. The lowest BCUT2D eigenvalue weighted by Gasteiger charge is -2.22. The number of rotatable bonds is 4. The van der Waals surface area contributed by atoms with Crippen LogP contribution in [-0.4, -0.2) is 10.6 Å². The molecule has 0 fully saturated rings. The average molecular weight is 274 g/mol. The summed E-state index contributed by atoms with van der Waals surface area (Å²) in [5.74, 6) is 0.557. The lowest BCUT2D eigenvalue weighted by Crippen LogP contribution is -2.20. The van der Waals surface area contributed by atoms with Crippen LogP contribution in [0.3, 0.4) is 0 Å². The van der Waals surface area contributed by atoms with Crippen LogP contribution in [0.4, 0.5) is 5.00 Å². The Morgan fingerprint density at radius 1 is 1.26 bits per heavy atom. The van der Waals surface area contributed by atoms with E-state index < -0.39 is 0 Å². The molecule has 0 spiro atoms. The van der Waals surface area contributed by atoms with Gasteiger partial charge in [0.25, 0.3) is 0 Å². The zero-order valence-corrected chi connectivity index (χ0v) is 12.3. The topological polar surface area (TPSA) is 34.2 Å². The van der Waals surface area contributed by atoms with Crippen LogP contribution in [0.25, 0.3) is 10.6 Å². The van der Waals surface area contributed by atoms with Crippen molar-refractivity contribution in [3.8, 4) is 10.6 Å². The fourth-order valence-corrected chi connectivity index (χ4v) is 2.48. The number of nitrogens with zero attached hydrogens (tertiary/aromatic N) is 1. The molecule has 0 amide bonds. The smallest absolute Gasteiger partial charge is 0.184 e. The van der Waals surface area contributed by atoms with E-state index in [0.717, 1.165) is 15.6 Å². The van der Waals surface area contributed by atoms with Crippen molar-refractivity contribution in [1.82, 2.24) is 4.98 Å². The fourth-order valence-electron chi connectivity index (χ4n) is 1.58. The standard InChI is InChI=1S/C15H18N2OS/c1-11(18-15(2,3)4)17-14-9-8-13(19-14)12-7-5-6-10-16-12/h5-10,17H,1H2,2-4H3. The highest BCUT2D eigenvalue weighted by Crippen LogP contribution is 2.31. The van der Waals surface area contributed by atoms with Crippen LogP contribution in [-0.2, 0) is 4.74 Å². The Morgan fingerprint density at radius 3 is 2.68 bits per heavy atom. The summed E-state index contributed by atoms with van der Waals surface area (Å²) in [6, 6.07) is 9.94. The molecule has 2 heterocycles. The molecule has 0 bridgehead atoms. The van der Waals surface area contributed by atoms with Gasteiger partial charge >= 0.3 is 0 Å². The van der Waals surface area contributed by atoms with Gasteiger partial charge < -0.3 is 10.1 Å². The van der Waals surface area contributed by atoms with Gasteiger partial charge in [0.05, 0.1) is 15.6 Å². The molecule has 1 N–H and O–H groups in total. The molecule has 0 saturated heterocycles. The quantitative estimate of drug-likeness (QED) is 0.833. The summed E-state index contributed by atoms with van der Waals surface area (Å²) in [7, 11) is 0. The molecule has 0 aliphatic rings. The van der Waals surface area contributed by atoms with E-state index in [1.54, 1.807) is 17.5 Å². The Labute approximate surface area is 118 Å². The first-order chi connectivity index (χ1) is 8.94. The third-order valence-electron chi connectivity index (χ3n) is 2.22. The molecule has 2 aromatic rings. The zero-order valence-electron chi connectivity index (χ0n) is 11.4. The van der Waals surface area contributed by atoms with Crippen LogP contribution in [0.5, 0.6) is 0 Å². The predicted molar refractivity (Wildman–Crippen MR) is 81.2 cm³/mol. The summed E-state index contributed by atoms with van der Waals surface area (Å²) in [6.45, 7) is 9.86. The maximum absolute atomic E-state index is 5.64. The molecule has 100 valence electrons. The summed E-state index contributed by atoms with van der Waals surface area (Å²) in [5, 5.41) is 4.16. The third-order valence-corrected chi connectivity index (χ3v) is 3.24. The first-order valence-corrected chi connectivity index (χ1v) is 6.92. The second-order valence-corrected chi connectivity index (χ2v) is 6.23. The molecule has 0 aromatic carbocycles. The number of pyridine rings is 1. The van der Waals surface area contributed by atoms with Crippen LogP contribution < -0.4 is 5.32 Å². The Bertz CT molecular complexity index is 555. The van der Waals surface area contributed by atoms with Gasteiger partial charge in [-0.25, -0.2) is 0 Å². The monoisotopic (exact) mass is 274 g/mol. The van der Waals surface area contributed by atoms with Gasteiger partial charge in [-0.1, -0.05) is 6.07 Å². The molecule has 0 saturated carbocycles. The van der Waals surface area contributed by atoms with E-state index in [-0.39, 0.29) is 5.60 Å². The highest BCUT2D eigenvalue weighted by molar-refractivity contribution is 7.19. The van der Waals surface area contributed by atoms with Crippen LogP contribution in [0.1, 0.15) is 20.8 Å². The summed E-state index contributed by atoms with van der Waals surface area (Å²) >= 11 is 1.63. The number of hydrogen-bond acceptors (Lipinski definition) is 4. The minimum absolute atomic E-state index is 0.245. The summed E-state index contributed by atoms with van der Waals surface area (Å²) < 4.78 is 5.64. The molecule has 4 heteroatoms. The van der Waals surface area contributed by atoms with Crippen molar-refractivity contribution in [2.75, 3.05) is 5.32 Å². The number of aromatic nitrogens is 1. The molecular weight excluding hydrogens is 256 g/mol. The van der Waals surface area contributed by atoms with E-state index in [1.165, 1.54) is 0 Å². The second kappa shape index (κ2) is 5.45. The van der Waals surface area contributed by atoms with Crippen molar-refractivity contribution in [3.63, 3.8) is 0 Å². The maximum Gasteiger partial charge on any atom is 0.184 e. The third kappa shape index (κ3) is 4.10. The Morgan fingerprint density at radius 2 is 2.05 bits per heavy atom. The highest BCUT2D eigenvalue weighted by Gasteiger charge is 2.13. The van der Waals surface area contributed by atoms with Crippen molar-refractivity contribution >= 4 is 16.3 Å². The maximum atomic E-state index is 5.64. The first kappa shape index (κ1) is 13.6. The van der Waals surface area contributed by atoms with Crippen molar-refractivity contribution in [2.24, 2.45) is 0 Å². The molecule has 3 nitrogen and oxygen atoms in total. The van der Waals surface area contributed by atoms with Gasteiger partial charge in [0.2, 0.25) is 0 Å². The van der Waals surface area contributed by atoms with Crippen LogP contribution in [0.15, 0.2) is 49.0 Å². The van der Waals surface area contributed by atoms with Gasteiger partial charge in [-0.3, -0.25) is 4.98 Å². The lowest BCUT2D eigenvalue weighted by atomic mass is 10.2. The fraction of sp³-hybridized carbons (Fsp3) is 0.267. The van der Waals surface area contributed by atoms with Crippen molar-refractivity contribution in [1.29, 1.82) is 0 Å². The molecule has 19 heavy (non-hydrogen) atoms. The van der Waals surface area contributed by atoms with Crippen LogP contribution >= 0.6 is 11.3 Å². The molecule has 0 aliphatic carbocycles. The van der Waals surface area contributed by atoms with Gasteiger partial charge in [-0.2, -0.15) is 0 Å². The number of anilines is 1. The van der Waals surface area contributed by atoms with E-state index in [2.05, 4.69) is 16.9 Å². The summed E-state index contributed by atoms with van der Waals surface area (Å²) in [5.41, 5.74) is 0.730. The highest BCUT2D eigenvalue weighted by atomic mass is 32.1. The molecule has 0 radical (unpaired) electrons. The number of hydrogen-bond donors (Lipinski definition) is 1. The normalized spacial score (nSPS) is 11.1. The van der Waals surface area contributed by atoms with Crippen LogP contribution in [0, 0.1) is 0 Å². The first-order valence-electron chi connectivity index (χ1n) is 6.10. The second-order valence-electron chi connectivity index (χ2n) is 5.14. The van der Waals surface area contributed by atoms with E-state index in [0.29, 0.717) is 5.88 Å². The largest absolute Gasteiger partial charge is 0.474 e. The van der Waals surface area contributed by atoms with Gasteiger partial charge in [-0.05, 0) is 51.6 Å². The molecule has 2 aromatic heterocycles. The van der Waals surface area contributed by atoms with Crippen molar-refractivity contribution in [3.05, 3.63) is 49.0 Å². The predicted octanol–water partition coefficient (Wildman–Crippen LogP) is 4.51. The van der Waals surface area contributed by atoms with E-state index in [1.807, 2.05) is 51.1 Å². The number of thiophene rings is 1. The summed E-state index contributed by atoms with van der Waals surface area (Å²) in [4.78, 5) is 5.45. The van der Waals surface area contributed by atoms with Gasteiger partial charge in [0.15, 0.2) is 5.88 Å². The Kier molecular flexibility index (Phi) is 3.90. The number of ether oxygens (including phenoxy) is 1. The van der Waals surface area contributed by atoms with Gasteiger partial charge in [-0.15, -0.1) is 11.3 Å². The zero-order chi connectivity index (χ0) is 13.9. The van der Waals surface area contributed by atoms with E-state index in [4.69, 9.17) is 4.74 Å². The Balaban J connectivity index is 2.04. The average Bonchev–Trinajstić information content (AvgIpc) is 2.76. The number of nitrogens with one attached hydrogen (secondary N) is 1. The van der Waals surface area contributed by atoms with E-state index >= 15 is 0 Å². The minimum atomic E-state index is -0.245. The SMILES string of the molecule is C=C(Nc1ccc(-c2ccccn2)s1)OC(C)(C)C. The van der Waals surface area contributed by atoms with Crippen molar-refractivity contribution < 1.29 is 4.74 Å². The minimum Gasteiger partial charge on any atom is -0.474 e. The van der Waals surface area contributed by atoms with Crippen LogP contribution in [0.2, 0.25) is 0 Å². The van der Waals surface area contributed by atoms with Gasteiger partial charge in [0, 0.05) is 6.20 Å². The summed E-state index contributed by atoms with van der Waals surface area (Å²) in [6.07, 6.45) is 1.80. The Hall–Kier alpha value is -1.81.